The summed E-state index contributed by atoms with van der Waals surface area (Å²) in [4.78, 5) is 5.06. The van der Waals surface area contributed by atoms with Crippen LogP contribution in [0.5, 0.6) is 0 Å². The van der Waals surface area contributed by atoms with Crippen molar-refractivity contribution >= 4 is 5.71 Å². The summed E-state index contributed by atoms with van der Waals surface area (Å²) in [7, 11) is 0. The summed E-state index contributed by atoms with van der Waals surface area (Å²) >= 11 is 0. The second-order valence-corrected chi connectivity index (χ2v) is 3.18. The Labute approximate surface area is 85.6 Å². The zero-order chi connectivity index (χ0) is 10.4. The van der Waals surface area contributed by atoms with Gasteiger partial charge in [-0.05, 0) is 25.8 Å². The number of oxime groups is 1. The van der Waals surface area contributed by atoms with E-state index in [-0.39, 0.29) is 0 Å². The lowest BCUT2D eigenvalue weighted by Gasteiger charge is -2.03. The van der Waals surface area contributed by atoms with Crippen LogP contribution in [-0.2, 0) is 4.84 Å². The number of rotatable bonds is 4. The molecule has 0 aliphatic heterocycles. The van der Waals surface area contributed by atoms with Crippen molar-refractivity contribution in [3.8, 4) is 0 Å². The summed E-state index contributed by atoms with van der Waals surface area (Å²) in [6.45, 7) is 6.72. The molecule has 0 bridgehead atoms. The molecule has 0 saturated carbocycles. The fourth-order valence-electron chi connectivity index (χ4n) is 1.21. The minimum atomic E-state index is 0.620. The number of benzene rings is 1. The van der Waals surface area contributed by atoms with E-state index in [9.17, 15) is 0 Å². The van der Waals surface area contributed by atoms with Crippen LogP contribution in [0.15, 0.2) is 29.4 Å². The molecule has 0 N–H and O–H groups in total. The molecule has 2 nitrogen and oxygen atoms in total. The van der Waals surface area contributed by atoms with Crippen LogP contribution in [0.4, 0.5) is 0 Å². The summed E-state index contributed by atoms with van der Waals surface area (Å²) in [5, 5.41) is 4.08. The fraction of sp³-hybridized carbons (Fsp3) is 0.417. The Balaban J connectivity index is 2.84. The van der Waals surface area contributed by atoms with Crippen LogP contribution < -0.4 is 0 Å². The van der Waals surface area contributed by atoms with E-state index in [0.717, 1.165) is 17.7 Å². The van der Waals surface area contributed by atoms with Gasteiger partial charge >= 0.3 is 0 Å². The third-order valence-corrected chi connectivity index (χ3v) is 2.02. The molecule has 14 heavy (non-hydrogen) atoms. The standard InChI is InChI=1S/C12H17NO/c1-4-12(13-14-5-2)11-8-6-10(3)7-9-11/h6-9H,4-5H2,1-3H3/b13-12-. The van der Waals surface area contributed by atoms with Gasteiger partial charge in [-0.1, -0.05) is 41.9 Å². The Morgan fingerprint density at radius 3 is 2.36 bits per heavy atom. The molecular formula is C12H17NO. The van der Waals surface area contributed by atoms with Crippen LogP contribution >= 0.6 is 0 Å². The molecule has 2 heteroatoms. The van der Waals surface area contributed by atoms with E-state index in [4.69, 9.17) is 4.84 Å². The molecule has 0 aromatic heterocycles. The maximum Gasteiger partial charge on any atom is 0.114 e. The summed E-state index contributed by atoms with van der Waals surface area (Å²) < 4.78 is 0. The van der Waals surface area contributed by atoms with Crippen molar-refractivity contribution in [2.75, 3.05) is 6.61 Å². The van der Waals surface area contributed by atoms with Gasteiger partial charge in [-0.25, -0.2) is 0 Å². The summed E-state index contributed by atoms with van der Waals surface area (Å²) in [6, 6.07) is 8.34. The van der Waals surface area contributed by atoms with Crippen LogP contribution in [0.25, 0.3) is 0 Å². The van der Waals surface area contributed by atoms with Gasteiger partial charge < -0.3 is 4.84 Å². The van der Waals surface area contributed by atoms with Crippen molar-refractivity contribution in [1.29, 1.82) is 0 Å². The first kappa shape index (κ1) is 10.8. The molecule has 76 valence electrons. The number of hydrogen-bond donors (Lipinski definition) is 0. The van der Waals surface area contributed by atoms with Gasteiger partial charge in [0.2, 0.25) is 0 Å². The molecule has 0 atom stereocenters. The van der Waals surface area contributed by atoms with E-state index < -0.39 is 0 Å². The fourth-order valence-corrected chi connectivity index (χ4v) is 1.21. The molecule has 1 aromatic carbocycles. The van der Waals surface area contributed by atoms with E-state index in [1.807, 2.05) is 6.92 Å². The predicted octanol–water partition coefficient (Wildman–Crippen LogP) is 3.15. The van der Waals surface area contributed by atoms with Gasteiger partial charge in [0, 0.05) is 0 Å². The van der Waals surface area contributed by atoms with E-state index in [2.05, 4.69) is 43.3 Å². The Kier molecular flexibility index (Phi) is 4.17. The summed E-state index contributed by atoms with van der Waals surface area (Å²) in [5.41, 5.74) is 3.42. The lowest BCUT2D eigenvalue weighted by Crippen LogP contribution is -2.00. The molecule has 0 unspecified atom stereocenters. The predicted molar refractivity (Wildman–Crippen MR) is 59.6 cm³/mol. The quantitative estimate of drug-likeness (QED) is 0.529. The van der Waals surface area contributed by atoms with Gasteiger partial charge in [-0.15, -0.1) is 0 Å². The van der Waals surface area contributed by atoms with Gasteiger partial charge in [0.05, 0.1) is 5.71 Å². The van der Waals surface area contributed by atoms with Crippen molar-refractivity contribution in [1.82, 2.24) is 0 Å². The number of hydrogen-bond acceptors (Lipinski definition) is 2. The molecular weight excluding hydrogens is 174 g/mol. The normalized spacial score (nSPS) is 11.5. The van der Waals surface area contributed by atoms with Gasteiger partial charge in [-0.3, -0.25) is 0 Å². The van der Waals surface area contributed by atoms with Crippen LogP contribution in [0.2, 0.25) is 0 Å². The monoisotopic (exact) mass is 191 g/mol. The average molecular weight is 191 g/mol. The first-order valence-corrected chi connectivity index (χ1v) is 5.03. The van der Waals surface area contributed by atoms with Crippen LogP contribution in [0, 0.1) is 6.92 Å². The minimum absolute atomic E-state index is 0.620. The second-order valence-electron chi connectivity index (χ2n) is 3.18. The SMILES string of the molecule is CCO/N=C(/CC)c1ccc(C)cc1. The summed E-state index contributed by atoms with van der Waals surface area (Å²) in [5.74, 6) is 0. The number of aryl methyl sites for hydroxylation is 1. The van der Waals surface area contributed by atoms with E-state index >= 15 is 0 Å². The third-order valence-electron chi connectivity index (χ3n) is 2.02. The third kappa shape index (κ3) is 2.87. The second kappa shape index (κ2) is 5.43. The van der Waals surface area contributed by atoms with E-state index in [1.165, 1.54) is 5.56 Å². The highest BCUT2D eigenvalue weighted by atomic mass is 16.6. The Morgan fingerprint density at radius 1 is 1.21 bits per heavy atom. The van der Waals surface area contributed by atoms with Crippen LogP contribution in [0.3, 0.4) is 0 Å². The van der Waals surface area contributed by atoms with Crippen molar-refractivity contribution in [3.63, 3.8) is 0 Å². The molecule has 0 fully saturated rings. The topological polar surface area (TPSA) is 21.6 Å². The van der Waals surface area contributed by atoms with Gasteiger partial charge in [0.1, 0.15) is 6.61 Å². The largest absolute Gasteiger partial charge is 0.396 e. The van der Waals surface area contributed by atoms with Gasteiger partial charge in [-0.2, -0.15) is 0 Å². The lowest BCUT2D eigenvalue weighted by molar-refractivity contribution is 0.158. The molecule has 0 aliphatic rings. The van der Waals surface area contributed by atoms with E-state index in [1.54, 1.807) is 0 Å². The first-order chi connectivity index (χ1) is 6.77. The maximum atomic E-state index is 5.06. The van der Waals surface area contributed by atoms with Crippen molar-refractivity contribution in [2.24, 2.45) is 5.16 Å². The van der Waals surface area contributed by atoms with Gasteiger partial charge in [0.25, 0.3) is 0 Å². The molecule has 1 aromatic rings. The lowest BCUT2D eigenvalue weighted by atomic mass is 10.1. The number of nitrogens with zero attached hydrogens (tertiary/aromatic N) is 1. The van der Waals surface area contributed by atoms with Crippen LogP contribution in [-0.4, -0.2) is 12.3 Å². The molecule has 0 amide bonds. The Morgan fingerprint density at radius 2 is 1.86 bits per heavy atom. The first-order valence-electron chi connectivity index (χ1n) is 5.03. The van der Waals surface area contributed by atoms with Gasteiger partial charge in [0.15, 0.2) is 0 Å². The molecule has 0 spiro atoms. The zero-order valence-electron chi connectivity index (χ0n) is 9.08. The minimum Gasteiger partial charge on any atom is -0.396 e. The summed E-state index contributed by atoms with van der Waals surface area (Å²) in [6.07, 6.45) is 0.892. The molecule has 0 aliphatic carbocycles. The zero-order valence-corrected chi connectivity index (χ0v) is 9.08. The molecule has 0 radical (unpaired) electrons. The van der Waals surface area contributed by atoms with Crippen molar-refractivity contribution in [3.05, 3.63) is 35.4 Å². The smallest absolute Gasteiger partial charge is 0.114 e. The molecule has 0 heterocycles. The Hall–Kier alpha value is -1.31. The van der Waals surface area contributed by atoms with E-state index in [0.29, 0.717) is 6.61 Å². The molecule has 0 saturated heterocycles. The highest BCUT2D eigenvalue weighted by Gasteiger charge is 2.00. The highest BCUT2D eigenvalue weighted by molar-refractivity contribution is 6.00. The van der Waals surface area contributed by atoms with Crippen molar-refractivity contribution in [2.45, 2.75) is 27.2 Å². The Bertz CT molecular complexity index is 301. The maximum absolute atomic E-state index is 5.06. The molecule has 1 rings (SSSR count). The van der Waals surface area contributed by atoms with Crippen molar-refractivity contribution < 1.29 is 4.84 Å². The van der Waals surface area contributed by atoms with Crippen LogP contribution in [0.1, 0.15) is 31.4 Å². The average Bonchev–Trinajstić information content (AvgIpc) is 2.21. The highest BCUT2D eigenvalue weighted by Crippen LogP contribution is 2.07.